The first-order valence-electron chi connectivity index (χ1n) is 5.22. The minimum absolute atomic E-state index is 0. The summed E-state index contributed by atoms with van der Waals surface area (Å²) >= 11 is 13.6. The average molecular weight is 361 g/mol. The third-order valence-corrected chi connectivity index (χ3v) is 6.03. The quantitative estimate of drug-likeness (QED) is 0.665. The lowest BCUT2D eigenvalue weighted by molar-refractivity contribution is -0.119. The topological polar surface area (TPSA) is 43.4 Å². The molecule has 1 rings (SSSR count). The van der Waals surface area contributed by atoms with Crippen molar-refractivity contribution in [3.63, 3.8) is 0 Å². The van der Waals surface area contributed by atoms with Crippen LogP contribution >= 0.6 is 34.5 Å². The zero-order chi connectivity index (χ0) is 13.8. The molecule has 118 valence electrons. The zero-order valence-electron chi connectivity index (χ0n) is 10.0. The first-order chi connectivity index (χ1) is 8.36. The van der Waals surface area contributed by atoms with Crippen molar-refractivity contribution in [2.24, 2.45) is 0 Å². The SMILES string of the molecule is C.C.COC(CC(C)=O)CC(Cl)(Cl)S(=O)c1cccs1. The van der Waals surface area contributed by atoms with E-state index in [0.717, 1.165) is 0 Å². The van der Waals surface area contributed by atoms with Crippen LogP contribution in [-0.2, 0) is 20.3 Å². The van der Waals surface area contributed by atoms with E-state index < -0.39 is 20.6 Å². The van der Waals surface area contributed by atoms with Gasteiger partial charge in [-0.15, -0.1) is 11.3 Å². The molecule has 0 radical (unpaired) electrons. The Hall–Kier alpha value is 0.0600. The molecule has 1 aromatic heterocycles. The number of thiophene rings is 1. The molecule has 7 heteroatoms. The van der Waals surface area contributed by atoms with Gasteiger partial charge in [0.25, 0.3) is 0 Å². The van der Waals surface area contributed by atoms with Crippen molar-refractivity contribution in [2.45, 2.75) is 48.6 Å². The minimum atomic E-state index is -1.54. The number of rotatable bonds is 7. The third-order valence-electron chi connectivity index (χ3n) is 2.26. The fourth-order valence-electron chi connectivity index (χ4n) is 1.42. The van der Waals surface area contributed by atoms with Gasteiger partial charge < -0.3 is 4.74 Å². The van der Waals surface area contributed by atoms with Crippen LogP contribution in [0.25, 0.3) is 0 Å². The Balaban J connectivity index is 0. The Morgan fingerprint density at radius 3 is 2.50 bits per heavy atom. The number of ketones is 1. The monoisotopic (exact) mass is 360 g/mol. The molecule has 1 aromatic rings. The summed E-state index contributed by atoms with van der Waals surface area (Å²) in [4.78, 5) is 11.1. The summed E-state index contributed by atoms with van der Waals surface area (Å²) in [5.74, 6) is -0.0205. The molecule has 2 unspecified atom stereocenters. The predicted octanol–water partition coefficient (Wildman–Crippen LogP) is 4.64. The Morgan fingerprint density at radius 2 is 2.10 bits per heavy atom. The van der Waals surface area contributed by atoms with Crippen LogP contribution in [-0.4, -0.2) is 26.9 Å². The molecule has 20 heavy (non-hydrogen) atoms. The van der Waals surface area contributed by atoms with E-state index in [-0.39, 0.29) is 33.5 Å². The second-order valence-electron chi connectivity index (χ2n) is 3.81. The number of ether oxygens (including phenoxy) is 1. The Morgan fingerprint density at radius 1 is 1.50 bits per heavy atom. The van der Waals surface area contributed by atoms with E-state index >= 15 is 0 Å². The summed E-state index contributed by atoms with van der Waals surface area (Å²) in [6.07, 6.45) is -0.0860. The molecule has 0 aliphatic carbocycles. The number of Topliss-reactive ketones (excluding diaryl/α,β-unsaturated/α-hetero) is 1. The maximum Gasteiger partial charge on any atom is 0.199 e. The number of hydrogen-bond acceptors (Lipinski definition) is 4. The number of carbonyl (C=O) groups is 1. The van der Waals surface area contributed by atoms with E-state index in [1.807, 2.05) is 0 Å². The second-order valence-corrected chi connectivity index (χ2v) is 8.62. The summed E-state index contributed by atoms with van der Waals surface area (Å²) < 4.78 is 16.5. The highest BCUT2D eigenvalue weighted by atomic mass is 35.5. The lowest BCUT2D eigenvalue weighted by atomic mass is 10.1. The first kappa shape index (κ1) is 22.3. The van der Waals surface area contributed by atoms with Crippen LogP contribution in [0.3, 0.4) is 0 Å². The van der Waals surface area contributed by atoms with Gasteiger partial charge in [-0.1, -0.05) is 44.1 Å². The van der Waals surface area contributed by atoms with Gasteiger partial charge in [-0.3, -0.25) is 9.00 Å². The summed E-state index contributed by atoms with van der Waals surface area (Å²) in [7, 11) is -0.0639. The van der Waals surface area contributed by atoms with Crippen LogP contribution < -0.4 is 0 Å². The summed E-state index contributed by atoms with van der Waals surface area (Å²) in [6.45, 7) is 1.46. The number of carbonyl (C=O) groups excluding carboxylic acids is 1. The van der Waals surface area contributed by atoms with Crippen LogP contribution in [0.15, 0.2) is 21.7 Å². The van der Waals surface area contributed by atoms with Crippen molar-refractivity contribution in [3.8, 4) is 0 Å². The van der Waals surface area contributed by atoms with E-state index in [1.165, 1.54) is 25.4 Å². The van der Waals surface area contributed by atoms with Gasteiger partial charge in [0, 0.05) is 20.0 Å². The standard InChI is InChI=1S/C11H14Cl2O3S2.2CH4/c1-8(14)6-9(16-2)7-11(12,13)18(15)10-4-3-5-17-10;;/h3-5,9H,6-7H2,1-2H3;2*1H4. The van der Waals surface area contributed by atoms with Gasteiger partial charge in [0.05, 0.1) is 21.1 Å². The first-order valence-corrected chi connectivity index (χ1v) is 8.01. The lowest BCUT2D eigenvalue weighted by Gasteiger charge is -2.23. The van der Waals surface area contributed by atoms with Crippen LogP contribution in [0.1, 0.15) is 34.6 Å². The molecular weight excluding hydrogens is 339 g/mol. The number of alkyl halides is 2. The Kier molecular flexibility index (Phi) is 11.1. The lowest BCUT2D eigenvalue weighted by Crippen LogP contribution is -2.28. The minimum Gasteiger partial charge on any atom is -0.381 e. The highest BCUT2D eigenvalue weighted by Gasteiger charge is 2.36. The van der Waals surface area contributed by atoms with Gasteiger partial charge in [-0.25, -0.2) is 0 Å². The molecule has 1 heterocycles. The van der Waals surface area contributed by atoms with E-state index in [9.17, 15) is 9.00 Å². The molecule has 0 saturated carbocycles. The molecule has 0 aliphatic heterocycles. The number of methoxy groups -OCH3 is 1. The molecule has 0 saturated heterocycles. The van der Waals surface area contributed by atoms with Gasteiger partial charge in [0.1, 0.15) is 5.78 Å². The highest BCUT2D eigenvalue weighted by molar-refractivity contribution is 7.91. The highest BCUT2D eigenvalue weighted by Crippen LogP contribution is 2.37. The molecule has 0 aromatic carbocycles. The molecule has 0 amide bonds. The Bertz CT molecular complexity index is 419. The van der Waals surface area contributed by atoms with Gasteiger partial charge in [-0.2, -0.15) is 0 Å². The van der Waals surface area contributed by atoms with Crippen molar-refractivity contribution in [1.29, 1.82) is 0 Å². The van der Waals surface area contributed by atoms with Crippen molar-refractivity contribution >= 4 is 51.1 Å². The van der Waals surface area contributed by atoms with Crippen LogP contribution in [0, 0.1) is 0 Å². The van der Waals surface area contributed by atoms with Gasteiger partial charge in [0.15, 0.2) is 3.67 Å². The largest absolute Gasteiger partial charge is 0.381 e. The number of halogens is 2. The molecule has 3 nitrogen and oxygen atoms in total. The van der Waals surface area contributed by atoms with Crippen molar-refractivity contribution in [2.75, 3.05) is 7.11 Å². The van der Waals surface area contributed by atoms with Crippen LogP contribution in [0.5, 0.6) is 0 Å². The van der Waals surface area contributed by atoms with Gasteiger partial charge >= 0.3 is 0 Å². The molecule has 0 N–H and O–H groups in total. The number of hydrogen-bond donors (Lipinski definition) is 0. The predicted molar refractivity (Wildman–Crippen MR) is 89.3 cm³/mol. The Labute approximate surface area is 138 Å². The molecule has 0 fully saturated rings. The maximum absolute atomic E-state index is 12.2. The summed E-state index contributed by atoms with van der Waals surface area (Å²) in [5.41, 5.74) is 0. The summed E-state index contributed by atoms with van der Waals surface area (Å²) in [5, 5.41) is 1.81. The normalized spacial score (nSPS) is 13.8. The molecular formula is C13H22Cl2O3S2. The fourth-order valence-corrected chi connectivity index (χ4v) is 4.76. The van der Waals surface area contributed by atoms with Crippen LogP contribution in [0.4, 0.5) is 0 Å². The van der Waals surface area contributed by atoms with Crippen molar-refractivity contribution in [3.05, 3.63) is 17.5 Å². The molecule has 0 bridgehead atoms. The van der Waals surface area contributed by atoms with E-state index in [4.69, 9.17) is 27.9 Å². The van der Waals surface area contributed by atoms with Gasteiger partial charge in [-0.05, 0) is 18.4 Å². The van der Waals surface area contributed by atoms with Gasteiger partial charge in [0.2, 0.25) is 0 Å². The van der Waals surface area contributed by atoms with E-state index in [2.05, 4.69) is 0 Å². The van der Waals surface area contributed by atoms with E-state index in [1.54, 1.807) is 17.5 Å². The molecule has 2 atom stereocenters. The van der Waals surface area contributed by atoms with Crippen molar-refractivity contribution in [1.82, 2.24) is 0 Å². The fraction of sp³-hybridized carbons (Fsp3) is 0.615. The zero-order valence-corrected chi connectivity index (χ0v) is 13.2. The second kappa shape index (κ2) is 9.90. The smallest absolute Gasteiger partial charge is 0.199 e. The van der Waals surface area contributed by atoms with Crippen molar-refractivity contribution < 1.29 is 13.7 Å². The van der Waals surface area contributed by atoms with E-state index in [0.29, 0.717) is 4.21 Å². The maximum atomic E-state index is 12.2. The average Bonchev–Trinajstić information content (AvgIpc) is 2.79. The summed E-state index contributed by atoms with van der Waals surface area (Å²) in [6, 6.07) is 3.50. The third kappa shape index (κ3) is 6.68. The molecule has 0 spiro atoms. The molecule has 0 aliphatic rings. The van der Waals surface area contributed by atoms with Crippen LogP contribution in [0.2, 0.25) is 0 Å².